The van der Waals surface area contributed by atoms with Gasteiger partial charge in [0.15, 0.2) is 0 Å². The minimum absolute atomic E-state index is 0.0485. The fraction of sp³-hybridized carbons (Fsp3) is 0.200. The Morgan fingerprint density at radius 2 is 1.47 bits per heavy atom. The van der Waals surface area contributed by atoms with E-state index in [1.807, 2.05) is 0 Å². The number of halogens is 3. The predicted molar refractivity (Wildman–Crippen MR) is 68.3 cm³/mol. The van der Waals surface area contributed by atoms with Gasteiger partial charge in [0.05, 0.1) is 6.04 Å². The Labute approximate surface area is 109 Å². The van der Waals surface area contributed by atoms with Crippen LogP contribution in [0.5, 0.6) is 0 Å². The van der Waals surface area contributed by atoms with Crippen LogP contribution in [-0.2, 0) is 0 Å². The molecule has 0 aliphatic rings. The van der Waals surface area contributed by atoms with Gasteiger partial charge in [-0.25, -0.2) is 13.2 Å². The van der Waals surface area contributed by atoms with Crippen LogP contribution >= 0.6 is 0 Å². The Morgan fingerprint density at radius 3 is 2.16 bits per heavy atom. The molecule has 0 fully saturated rings. The van der Waals surface area contributed by atoms with Crippen LogP contribution in [0.25, 0.3) is 0 Å². The molecule has 1 nitrogen and oxygen atoms in total. The number of nitrogens with two attached hydrogens (primary N) is 1. The summed E-state index contributed by atoms with van der Waals surface area (Å²) >= 11 is 0. The summed E-state index contributed by atoms with van der Waals surface area (Å²) in [5, 5.41) is 0. The van der Waals surface area contributed by atoms with E-state index in [2.05, 4.69) is 0 Å². The topological polar surface area (TPSA) is 26.0 Å². The fourth-order valence-electron chi connectivity index (χ4n) is 1.97. The van der Waals surface area contributed by atoms with Gasteiger partial charge in [-0.3, -0.25) is 0 Å². The molecular formula is C15H14F3N. The van der Waals surface area contributed by atoms with Gasteiger partial charge >= 0.3 is 0 Å². The van der Waals surface area contributed by atoms with Crippen molar-refractivity contribution in [3.05, 3.63) is 70.0 Å². The number of rotatable bonds is 2. The van der Waals surface area contributed by atoms with E-state index >= 15 is 0 Å². The molecule has 2 aromatic carbocycles. The Kier molecular flexibility index (Phi) is 3.62. The third kappa shape index (κ3) is 2.63. The Balaban J connectivity index is 2.52. The van der Waals surface area contributed by atoms with Crippen LogP contribution in [0, 0.1) is 31.3 Å². The van der Waals surface area contributed by atoms with Crippen molar-refractivity contribution in [2.45, 2.75) is 19.9 Å². The SMILES string of the molecule is Cc1ccc(F)c(C(N)c2cc(F)c(C)cc2F)c1. The van der Waals surface area contributed by atoms with Gasteiger partial charge in [-0.15, -0.1) is 0 Å². The van der Waals surface area contributed by atoms with Gasteiger partial charge < -0.3 is 5.73 Å². The summed E-state index contributed by atoms with van der Waals surface area (Å²) in [6.07, 6.45) is 0. The molecule has 0 radical (unpaired) electrons. The molecule has 2 aromatic rings. The molecule has 0 aromatic heterocycles. The smallest absolute Gasteiger partial charge is 0.128 e. The Hall–Kier alpha value is -1.81. The molecule has 2 rings (SSSR count). The molecule has 0 aliphatic heterocycles. The van der Waals surface area contributed by atoms with Crippen molar-refractivity contribution in [1.82, 2.24) is 0 Å². The van der Waals surface area contributed by atoms with Gasteiger partial charge in [-0.05, 0) is 37.6 Å². The second-order valence-electron chi connectivity index (χ2n) is 4.63. The largest absolute Gasteiger partial charge is 0.320 e. The minimum Gasteiger partial charge on any atom is -0.320 e. The molecule has 0 amide bonds. The second kappa shape index (κ2) is 5.05. The van der Waals surface area contributed by atoms with Crippen molar-refractivity contribution in [2.24, 2.45) is 5.73 Å². The molecule has 0 saturated carbocycles. The van der Waals surface area contributed by atoms with Crippen molar-refractivity contribution in [3.63, 3.8) is 0 Å². The van der Waals surface area contributed by atoms with E-state index in [1.54, 1.807) is 13.0 Å². The molecule has 1 unspecified atom stereocenters. The first-order valence-electron chi connectivity index (χ1n) is 5.87. The van der Waals surface area contributed by atoms with Crippen LogP contribution in [-0.4, -0.2) is 0 Å². The van der Waals surface area contributed by atoms with Crippen molar-refractivity contribution in [3.8, 4) is 0 Å². The van der Waals surface area contributed by atoms with Crippen LogP contribution in [0.2, 0.25) is 0 Å². The highest BCUT2D eigenvalue weighted by atomic mass is 19.1. The van der Waals surface area contributed by atoms with Gasteiger partial charge in [0.1, 0.15) is 17.5 Å². The normalized spacial score (nSPS) is 12.5. The Morgan fingerprint density at radius 1 is 0.842 bits per heavy atom. The quantitative estimate of drug-likeness (QED) is 0.878. The second-order valence-corrected chi connectivity index (χ2v) is 4.63. The first kappa shape index (κ1) is 13.6. The lowest BCUT2D eigenvalue weighted by atomic mass is 9.96. The fourth-order valence-corrected chi connectivity index (χ4v) is 1.97. The third-order valence-electron chi connectivity index (χ3n) is 3.10. The average molecular weight is 265 g/mol. The molecule has 2 N–H and O–H groups in total. The lowest BCUT2D eigenvalue weighted by molar-refractivity contribution is 0.558. The summed E-state index contributed by atoms with van der Waals surface area (Å²) in [5.41, 5.74) is 6.96. The number of benzene rings is 2. The van der Waals surface area contributed by atoms with Crippen LogP contribution in [0.15, 0.2) is 30.3 Å². The maximum Gasteiger partial charge on any atom is 0.128 e. The van der Waals surface area contributed by atoms with Gasteiger partial charge in [0, 0.05) is 11.1 Å². The van der Waals surface area contributed by atoms with Crippen molar-refractivity contribution in [1.29, 1.82) is 0 Å². The number of aryl methyl sites for hydroxylation is 2. The summed E-state index contributed by atoms with van der Waals surface area (Å²) in [7, 11) is 0. The third-order valence-corrected chi connectivity index (χ3v) is 3.10. The van der Waals surface area contributed by atoms with Crippen LogP contribution in [0.1, 0.15) is 28.3 Å². The zero-order valence-electron chi connectivity index (χ0n) is 10.7. The first-order chi connectivity index (χ1) is 8.90. The highest BCUT2D eigenvalue weighted by molar-refractivity contribution is 5.37. The number of hydrogen-bond donors (Lipinski definition) is 1. The summed E-state index contributed by atoms with van der Waals surface area (Å²) in [4.78, 5) is 0. The minimum atomic E-state index is -1.03. The highest BCUT2D eigenvalue weighted by Gasteiger charge is 2.19. The standard InChI is InChI=1S/C15H14F3N/c1-8-3-4-12(16)10(5-8)15(19)11-7-13(17)9(2)6-14(11)18/h3-7,15H,19H2,1-2H3. The summed E-state index contributed by atoms with van der Waals surface area (Å²) in [5.74, 6) is -1.72. The molecule has 0 spiro atoms. The van der Waals surface area contributed by atoms with Gasteiger partial charge in [-0.2, -0.15) is 0 Å². The molecule has 0 bridgehead atoms. The molecule has 1 atom stereocenters. The van der Waals surface area contributed by atoms with E-state index in [9.17, 15) is 13.2 Å². The zero-order valence-corrected chi connectivity index (χ0v) is 10.7. The molecule has 19 heavy (non-hydrogen) atoms. The summed E-state index contributed by atoms with van der Waals surface area (Å²) < 4.78 is 41.0. The monoisotopic (exact) mass is 265 g/mol. The van der Waals surface area contributed by atoms with Gasteiger partial charge in [0.2, 0.25) is 0 Å². The molecule has 0 saturated heterocycles. The highest BCUT2D eigenvalue weighted by Crippen LogP contribution is 2.26. The van der Waals surface area contributed by atoms with Gasteiger partial charge in [-0.1, -0.05) is 17.7 Å². The molecular weight excluding hydrogens is 251 g/mol. The lowest BCUT2D eigenvalue weighted by Crippen LogP contribution is -2.16. The summed E-state index contributed by atoms with van der Waals surface area (Å²) in [6, 6.07) is 5.46. The number of hydrogen-bond acceptors (Lipinski definition) is 1. The molecule has 100 valence electrons. The maximum absolute atomic E-state index is 13.8. The molecule has 0 heterocycles. The van der Waals surface area contributed by atoms with Crippen LogP contribution < -0.4 is 5.73 Å². The van der Waals surface area contributed by atoms with Crippen molar-refractivity contribution >= 4 is 0 Å². The molecule has 0 aliphatic carbocycles. The predicted octanol–water partition coefficient (Wildman–Crippen LogP) is 3.77. The maximum atomic E-state index is 13.8. The average Bonchev–Trinajstić information content (AvgIpc) is 2.36. The zero-order chi connectivity index (χ0) is 14.2. The van der Waals surface area contributed by atoms with Gasteiger partial charge in [0.25, 0.3) is 0 Å². The van der Waals surface area contributed by atoms with Crippen molar-refractivity contribution < 1.29 is 13.2 Å². The van der Waals surface area contributed by atoms with E-state index in [-0.39, 0.29) is 16.7 Å². The van der Waals surface area contributed by atoms with E-state index < -0.39 is 23.5 Å². The van der Waals surface area contributed by atoms with E-state index in [1.165, 1.54) is 19.1 Å². The summed E-state index contributed by atoms with van der Waals surface area (Å²) in [6.45, 7) is 3.24. The molecule has 4 heteroatoms. The van der Waals surface area contributed by atoms with E-state index in [0.29, 0.717) is 0 Å². The first-order valence-corrected chi connectivity index (χ1v) is 5.87. The van der Waals surface area contributed by atoms with E-state index in [0.717, 1.165) is 17.7 Å². The van der Waals surface area contributed by atoms with E-state index in [4.69, 9.17) is 5.73 Å². The Bertz CT molecular complexity index is 623. The lowest BCUT2D eigenvalue weighted by Gasteiger charge is -2.16. The van der Waals surface area contributed by atoms with Crippen LogP contribution in [0.3, 0.4) is 0 Å². The van der Waals surface area contributed by atoms with Crippen molar-refractivity contribution in [2.75, 3.05) is 0 Å². The van der Waals surface area contributed by atoms with Crippen LogP contribution in [0.4, 0.5) is 13.2 Å².